The summed E-state index contributed by atoms with van der Waals surface area (Å²) in [6.07, 6.45) is 0. The maximum Gasteiger partial charge on any atom is 0.248 e. The Bertz CT molecular complexity index is 87.7. The predicted molar refractivity (Wildman–Crippen MR) is 23.7 cm³/mol. The first-order valence-corrected chi connectivity index (χ1v) is 2.23. The third kappa shape index (κ3) is 0.899. The van der Waals surface area contributed by atoms with Gasteiger partial charge in [-0.3, -0.25) is 4.79 Å². The highest BCUT2D eigenvalue weighted by Gasteiger charge is 2.22. The lowest BCUT2D eigenvalue weighted by Crippen LogP contribution is -2.13. The molecule has 3 heteroatoms. The van der Waals surface area contributed by atoms with Crippen LogP contribution in [0.4, 0.5) is 0 Å². The van der Waals surface area contributed by atoms with E-state index in [9.17, 15) is 4.79 Å². The molecule has 0 aliphatic carbocycles. The van der Waals surface area contributed by atoms with Crippen molar-refractivity contribution in [2.45, 2.75) is 0 Å². The second kappa shape index (κ2) is 1.50. The molecule has 40 valence electrons. The molecule has 0 spiro atoms. The third-order valence-corrected chi connectivity index (χ3v) is 0.935. The topological polar surface area (TPSA) is 40.3 Å². The number of carbonyl (C=O) groups is 1. The molecular weight excluding hydrogens is 94.0 g/mol. The second-order valence-corrected chi connectivity index (χ2v) is 1.54. The molecule has 0 saturated carbocycles. The molecule has 0 atom stereocenters. The van der Waals surface area contributed by atoms with E-state index in [1.165, 1.54) is 0 Å². The molecule has 1 aliphatic heterocycles. The van der Waals surface area contributed by atoms with Crippen molar-refractivity contribution < 1.29 is 9.90 Å². The van der Waals surface area contributed by atoms with Crippen LogP contribution in [0, 0.1) is 0 Å². The first-order chi connectivity index (χ1) is 3.34. The van der Waals surface area contributed by atoms with Crippen LogP contribution in [-0.4, -0.2) is 35.6 Å². The van der Waals surface area contributed by atoms with E-state index in [4.69, 9.17) is 5.11 Å². The molecule has 0 bridgehead atoms. The lowest BCUT2D eigenvalue weighted by atomic mass is 10.7. The summed E-state index contributed by atoms with van der Waals surface area (Å²) in [6.45, 7) is 1.33. The Balaban J connectivity index is 2.24. The van der Waals surface area contributed by atoms with Crippen LogP contribution in [0.1, 0.15) is 0 Å². The summed E-state index contributed by atoms with van der Waals surface area (Å²) in [5, 5.41) is 8.15. The van der Waals surface area contributed by atoms with Gasteiger partial charge in [-0.05, 0) is 0 Å². The molecule has 0 unspecified atom stereocenters. The van der Waals surface area contributed by atoms with Crippen molar-refractivity contribution in [2.24, 2.45) is 0 Å². The highest BCUT2D eigenvalue weighted by atomic mass is 16.3. The van der Waals surface area contributed by atoms with E-state index < -0.39 is 0 Å². The Labute approximate surface area is 41.5 Å². The van der Waals surface area contributed by atoms with Crippen molar-refractivity contribution in [1.82, 2.24) is 4.90 Å². The molecule has 1 rings (SSSR count). The van der Waals surface area contributed by atoms with Gasteiger partial charge in [0.25, 0.3) is 0 Å². The minimum atomic E-state index is -0.333. The van der Waals surface area contributed by atoms with Crippen LogP contribution in [0.5, 0.6) is 0 Å². The lowest BCUT2D eigenvalue weighted by Gasteiger charge is -1.91. The van der Waals surface area contributed by atoms with E-state index in [1.807, 2.05) is 0 Å². The van der Waals surface area contributed by atoms with E-state index >= 15 is 0 Å². The number of hydrogen-bond acceptors (Lipinski definition) is 2. The van der Waals surface area contributed by atoms with Crippen LogP contribution in [0.2, 0.25) is 0 Å². The summed E-state index contributed by atoms with van der Waals surface area (Å²) in [7, 11) is 0. The molecule has 7 heavy (non-hydrogen) atoms. The molecule has 1 N–H and O–H groups in total. The monoisotopic (exact) mass is 101 g/mol. The fraction of sp³-hybridized carbons (Fsp3) is 0.750. The van der Waals surface area contributed by atoms with E-state index in [0.717, 1.165) is 13.1 Å². The molecular formula is C4H7NO2. The summed E-state index contributed by atoms with van der Waals surface area (Å²) in [5.41, 5.74) is 0. The van der Waals surface area contributed by atoms with Crippen LogP contribution in [-0.2, 0) is 4.79 Å². The van der Waals surface area contributed by atoms with Gasteiger partial charge in [0.05, 0.1) is 0 Å². The van der Waals surface area contributed by atoms with E-state index in [1.54, 1.807) is 4.90 Å². The Hall–Kier alpha value is -0.570. The van der Waals surface area contributed by atoms with Gasteiger partial charge in [-0.1, -0.05) is 0 Å². The van der Waals surface area contributed by atoms with Crippen LogP contribution in [0.25, 0.3) is 0 Å². The number of hydrogen-bond donors (Lipinski definition) is 1. The third-order valence-electron chi connectivity index (χ3n) is 0.935. The maximum absolute atomic E-state index is 10.2. The van der Waals surface area contributed by atoms with Gasteiger partial charge >= 0.3 is 0 Å². The first kappa shape index (κ1) is 4.59. The van der Waals surface area contributed by atoms with Crippen LogP contribution in [0.15, 0.2) is 0 Å². The Morgan fingerprint density at radius 2 is 2.29 bits per heavy atom. The molecule has 1 heterocycles. The number of aliphatic hydroxyl groups excluding tert-OH is 1. The number of rotatable bonds is 1. The molecule has 0 aromatic carbocycles. The van der Waals surface area contributed by atoms with Crippen molar-refractivity contribution >= 4 is 5.91 Å². The summed E-state index contributed by atoms with van der Waals surface area (Å²) < 4.78 is 0. The standard InChI is InChI=1S/C4H7NO2/c6-3-4(7)5-1-2-5/h6H,1-3H2. The Kier molecular flexibility index (Phi) is 0.982. The largest absolute Gasteiger partial charge is 0.387 e. The maximum atomic E-state index is 10.2. The zero-order chi connectivity index (χ0) is 5.28. The van der Waals surface area contributed by atoms with E-state index in [0.29, 0.717) is 0 Å². The Morgan fingerprint density at radius 3 is 2.43 bits per heavy atom. The highest BCUT2D eigenvalue weighted by Crippen LogP contribution is 2.01. The van der Waals surface area contributed by atoms with Crippen molar-refractivity contribution in [2.75, 3.05) is 19.7 Å². The molecule has 1 fully saturated rings. The van der Waals surface area contributed by atoms with Crippen molar-refractivity contribution in [1.29, 1.82) is 0 Å². The fourth-order valence-corrected chi connectivity index (χ4v) is 0.399. The number of nitrogens with zero attached hydrogens (tertiary/aromatic N) is 1. The van der Waals surface area contributed by atoms with Crippen LogP contribution < -0.4 is 0 Å². The normalized spacial score (nSPS) is 17.0. The SMILES string of the molecule is O=C(CO)N1CC1. The van der Waals surface area contributed by atoms with Gasteiger partial charge in [-0.15, -0.1) is 0 Å². The molecule has 3 nitrogen and oxygen atoms in total. The minimum Gasteiger partial charge on any atom is -0.387 e. The van der Waals surface area contributed by atoms with Crippen LogP contribution >= 0.6 is 0 Å². The average Bonchev–Trinajstić information content (AvgIpc) is 2.44. The highest BCUT2D eigenvalue weighted by molar-refractivity contribution is 5.79. The summed E-state index contributed by atoms with van der Waals surface area (Å²) in [5.74, 6) is -0.153. The lowest BCUT2D eigenvalue weighted by molar-refractivity contribution is -0.128. The number of amides is 1. The molecule has 0 aromatic rings. The van der Waals surface area contributed by atoms with Crippen molar-refractivity contribution in [3.63, 3.8) is 0 Å². The first-order valence-electron chi connectivity index (χ1n) is 2.23. The zero-order valence-corrected chi connectivity index (χ0v) is 3.92. The predicted octanol–water partition coefficient (Wildman–Crippen LogP) is -1.18. The molecule has 0 aromatic heterocycles. The van der Waals surface area contributed by atoms with Gasteiger partial charge in [-0.2, -0.15) is 0 Å². The van der Waals surface area contributed by atoms with Crippen molar-refractivity contribution in [3.05, 3.63) is 0 Å². The fourth-order valence-electron chi connectivity index (χ4n) is 0.399. The summed E-state index contributed by atoms with van der Waals surface area (Å²) in [4.78, 5) is 11.8. The second-order valence-electron chi connectivity index (χ2n) is 1.54. The minimum absolute atomic E-state index is 0.153. The number of carbonyl (C=O) groups excluding carboxylic acids is 1. The van der Waals surface area contributed by atoms with Gasteiger partial charge in [0.1, 0.15) is 6.61 Å². The summed E-state index contributed by atoms with van der Waals surface area (Å²) in [6, 6.07) is 0. The van der Waals surface area contributed by atoms with Gasteiger partial charge in [0.2, 0.25) is 5.91 Å². The average molecular weight is 101 g/mol. The zero-order valence-electron chi connectivity index (χ0n) is 3.92. The number of aliphatic hydroxyl groups is 1. The molecule has 1 amide bonds. The smallest absolute Gasteiger partial charge is 0.248 e. The molecule has 1 aliphatic rings. The quantitative estimate of drug-likeness (QED) is 0.422. The molecule has 1 saturated heterocycles. The van der Waals surface area contributed by atoms with Crippen LogP contribution in [0.3, 0.4) is 0 Å². The molecule has 0 radical (unpaired) electrons. The van der Waals surface area contributed by atoms with Gasteiger partial charge in [-0.25, -0.2) is 0 Å². The van der Waals surface area contributed by atoms with E-state index in [-0.39, 0.29) is 12.5 Å². The van der Waals surface area contributed by atoms with Gasteiger partial charge < -0.3 is 10.0 Å². The van der Waals surface area contributed by atoms with Gasteiger partial charge in [0, 0.05) is 13.1 Å². The van der Waals surface area contributed by atoms with Gasteiger partial charge in [0.15, 0.2) is 0 Å². The van der Waals surface area contributed by atoms with Crippen molar-refractivity contribution in [3.8, 4) is 0 Å². The Morgan fingerprint density at radius 1 is 1.71 bits per heavy atom. The van der Waals surface area contributed by atoms with E-state index in [2.05, 4.69) is 0 Å². The summed E-state index contributed by atoms with van der Waals surface area (Å²) >= 11 is 0.